The molecule has 32 heavy (non-hydrogen) atoms. The van der Waals surface area contributed by atoms with E-state index in [2.05, 4.69) is 44.1 Å². The fourth-order valence-electron chi connectivity index (χ4n) is 4.45. The van der Waals surface area contributed by atoms with Gasteiger partial charge in [-0.05, 0) is 51.8 Å². The van der Waals surface area contributed by atoms with Gasteiger partial charge in [-0.1, -0.05) is 5.21 Å². The van der Waals surface area contributed by atoms with Gasteiger partial charge in [-0.2, -0.15) is 0 Å². The molecule has 8 nitrogen and oxygen atoms in total. The Balaban J connectivity index is 1.26. The highest BCUT2D eigenvalue weighted by Gasteiger charge is 2.27. The van der Waals surface area contributed by atoms with Gasteiger partial charge in [0.05, 0.1) is 22.8 Å². The van der Waals surface area contributed by atoms with Crippen LogP contribution in [0.15, 0.2) is 36.0 Å². The van der Waals surface area contributed by atoms with Crippen LogP contribution in [0.5, 0.6) is 0 Å². The number of aryl methyl sites for hydroxylation is 1. The minimum Gasteiger partial charge on any atom is -0.339 e. The van der Waals surface area contributed by atoms with Crippen molar-refractivity contribution in [2.45, 2.75) is 52.1 Å². The van der Waals surface area contributed by atoms with E-state index >= 15 is 0 Å². The summed E-state index contributed by atoms with van der Waals surface area (Å²) in [5.41, 5.74) is 3.47. The van der Waals surface area contributed by atoms with Crippen molar-refractivity contribution in [2.75, 3.05) is 13.1 Å². The third kappa shape index (κ3) is 3.92. The van der Waals surface area contributed by atoms with Gasteiger partial charge < -0.3 is 9.47 Å². The molecule has 0 spiro atoms. The number of aromatic nitrogens is 6. The van der Waals surface area contributed by atoms with Crippen molar-refractivity contribution >= 4 is 28.3 Å². The molecule has 1 amide bonds. The lowest BCUT2D eigenvalue weighted by Crippen LogP contribution is -2.38. The van der Waals surface area contributed by atoms with E-state index in [-0.39, 0.29) is 11.9 Å². The largest absolute Gasteiger partial charge is 0.339 e. The van der Waals surface area contributed by atoms with Crippen LogP contribution in [0.4, 0.5) is 0 Å². The summed E-state index contributed by atoms with van der Waals surface area (Å²) in [6.45, 7) is 8.36. The summed E-state index contributed by atoms with van der Waals surface area (Å²) in [5.74, 6) is 1.50. The van der Waals surface area contributed by atoms with E-state index in [0.29, 0.717) is 11.5 Å². The maximum atomic E-state index is 13.1. The molecule has 1 saturated heterocycles. The van der Waals surface area contributed by atoms with Crippen LogP contribution >= 0.6 is 11.3 Å². The summed E-state index contributed by atoms with van der Waals surface area (Å²) >= 11 is 1.67. The summed E-state index contributed by atoms with van der Waals surface area (Å²) in [5, 5.41) is 11.7. The van der Waals surface area contributed by atoms with Gasteiger partial charge in [0.25, 0.3) is 5.91 Å². The molecular weight excluding hydrogens is 422 g/mol. The van der Waals surface area contributed by atoms with Gasteiger partial charge >= 0.3 is 0 Å². The van der Waals surface area contributed by atoms with Gasteiger partial charge in [0.2, 0.25) is 0 Å². The smallest absolute Gasteiger partial charge is 0.253 e. The summed E-state index contributed by atoms with van der Waals surface area (Å²) < 4.78 is 4.08. The Morgan fingerprint density at radius 2 is 2.06 bits per heavy atom. The molecule has 1 fully saturated rings. The molecule has 1 aliphatic rings. The van der Waals surface area contributed by atoms with E-state index < -0.39 is 0 Å². The molecule has 4 heterocycles. The third-order valence-corrected chi connectivity index (χ3v) is 6.92. The number of piperidine rings is 1. The number of hydrogen-bond acceptors (Lipinski definition) is 6. The molecule has 1 aliphatic heterocycles. The highest BCUT2D eigenvalue weighted by molar-refractivity contribution is 7.09. The number of carbonyl (C=O) groups is 1. The first kappa shape index (κ1) is 20.8. The number of nitrogens with zero attached hydrogens (tertiary/aromatic N) is 7. The predicted molar refractivity (Wildman–Crippen MR) is 124 cm³/mol. The normalized spacial score (nSPS) is 15.2. The minimum absolute atomic E-state index is 0.0609. The van der Waals surface area contributed by atoms with E-state index in [1.54, 1.807) is 11.3 Å². The Morgan fingerprint density at radius 3 is 2.78 bits per heavy atom. The molecule has 0 atom stereocenters. The first-order valence-corrected chi connectivity index (χ1v) is 11.9. The van der Waals surface area contributed by atoms with Crippen LogP contribution in [0, 0.1) is 6.92 Å². The maximum Gasteiger partial charge on any atom is 0.253 e. The molecule has 0 bridgehead atoms. The zero-order valence-electron chi connectivity index (χ0n) is 18.6. The third-order valence-electron chi connectivity index (χ3n) is 6.10. The summed E-state index contributed by atoms with van der Waals surface area (Å²) in [4.78, 5) is 24.3. The van der Waals surface area contributed by atoms with Gasteiger partial charge in [-0.25, -0.2) is 14.6 Å². The number of fused-ring (bicyclic) bond motifs is 1. The second kappa shape index (κ2) is 8.46. The van der Waals surface area contributed by atoms with Crippen molar-refractivity contribution in [1.82, 2.24) is 34.4 Å². The number of likely N-dealkylation sites (tertiary alicyclic amines) is 1. The standard InChI is InChI=1S/C23H27N7OS/c1-15(2)30-21-5-4-18(12-20(21)26-27-30)23(31)28-9-6-17(7-10-28)22-24-8-11-29(22)13-19-14-32-16(3)25-19/h4-5,8,11-12,14-15,17H,6-7,9-10,13H2,1-3H3. The van der Waals surface area contributed by atoms with Gasteiger partial charge in [0, 0.05) is 48.4 Å². The molecule has 3 aromatic heterocycles. The van der Waals surface area contributed by atoms with Gasteiger partial charge in [0.15, 0.2) is 0 Å². The first-order valence-electron chi connectivity index (χ1n) is 11.1. The van der Waals surface area contributed by atoms with E-state index in [0.717, 1.165) is 60.0 Å². The average molecular weight is 450 g/mol. The van der Waals surface area contributed by atoms with Crippen molar-refractivity contribution in [3.05, 3.63) is 58.1 Å². The second-order valence-electron chi connectivity index (χ2n) is 8.67. The van der Waals surface area contributed by atoms with Crippen molar-refractivity contribution < 1.29 is 4.79 Å². The quantitative estimate of drug-likeness (QED) is 0.459. The fraction of sp³-hybridized carbons (Fsp3) is 0.435. The van der Waals surface area contributed by atoms with Gasteiger partial charge in [0.1, 0.15) is 11.3 Å². The predicted octanol–water partition coefficient (Wildman–Crippen LogP) is 4.04. The summed E-state index contributed by atoms with van der Waals surface area (Å²) in [7, 11) is 0. The molecule has 9 heteroatoms. The van der Waals surface area contributed by atoms with E-state index in [1.807, 2.05) is 47.1 Å². The monoisotopic (exact) mass is 449 g/mol. The Bertz CT molecular complexity index is 1250. The van der Waals surface area contributed by atoms with E-state index in [9.17, 15) is 4.79 Å². The van der Waals surface area contributed by atoms with Crippen LogP contribution in [0.1, 0.15) is 65.5 Å². The molecule has 0 aliphatic carbocycles. The molecule has 0 radical (unpaired) electrons. The van der Waals surface area contributed by atoms with E-state index in [4.69, 9.17) is 0 Å². The lowest BCUT2D eigenvalue weighted by Gasteiger charge is -2.32. The van der Waals surface area contributed by atoms with Gasteiger partial charge in [-0.3, -0.25) is 4.79 Å². The highest BCUT2D eigenvalue weighted by atomic mass is 32.1. The number of carbonyl (C=O) groups excluding carboxylic acids is 1. The van der Waals surface area contributed by atoms with Crippen LogP contribution in [0.2, 0.25) is 0 Å². The Labute approximate surface area is 190 Å². The van der Waals surface area contributed by atoms with Crippen molar-refractivity contribution in [3.63, 3.8) is 0 Å². The molecule has 0 N–H and O–H groups in total. The molecule has 0 saturated carbocycles. The Hall–Kier alpha value is -3.07. The summed E-state index contributed by atoms with van der Waals surface area (Å²) in [6.07, 6.45) is 5.71. The number of hydrogen-bond donors (Lipinski definition) is 0. The van der Waals surface area contributed by atoms with Gasteiger partial charge in [-0.15, -0.1) is 16.4 Å². The van der Waals surface area contributed by atoms with Crippen molar-refractivity contribution in [2.24, 2.45) is 0 Å². The Kier molecular flexibility index (Phi) is 5.50. The highest BCUT2D eigenvalue weighted by Crippen LogP contribution is 2.28. The molecular formula is C23H27N7OS. The van der Waals surface area contributed by atoms with Crippen molar-refractivity contribution in [3.8, 4) is 0 Å². The Morgan fingerprint density at radius 1 is 1.25 bits per heavy atom. The second-order valence-corrected chi connectivity index (χ2v) is 9.73. The first-order chi connectivity index (χ1) is 15.5. The topological polar surface area (TPSA) is 81.7 Å². The number of imidazole rings is 1. The summed E-state index contributed by atoms with van der Waals surface area (Å²) in [6, 6.07) is 5.93. The minimum atomic E-state index is 0.0609. The van der Waals surface area contributed by atoms with Crippen LogP contribution in [-0.4, -0.2) is 53.4 Å². The SMILES string of the molecule is Cc1nc(Cn2ccnc2C2CCN(C(=O)c3ccc4c(c3)nnn4C(C)C)CC2)cs1. The fourth-order valence-corrected chi connectivity index (χ4v) is 5.05. The lowest BCUT2D eigenvalue weighted by atomic mass is 9.95. The molecule has 5 rings (SSSR count). The van der Waals surface area contributed by atoms with Crippen LogP contribution in [-0.2, 0) is 6.54 Å². The number of amides is 1. The van der Waals surface area contributed by atoms with Crippen LogP contribution < -0.4 is 0 Å². The number of benzene rings is 1. The zero-order chi connectivity index (χ0) is 22.2. The zero-order valence-corrected chi connectivity index (χ0v) is 19.4. The van der Waals surface area contributed by atoms with E-state index in [1.165, 1.54) is 0 Å². The molecule has 4 aromatic rings. The average Bonchev–Trinajstić information content (AvgIpc) is 3.53. The molecule has 166 valence electrons. The maximum absolute atomic E-state index is 13.1. The van der Waals surface area contributed by atoms with Crippen molar-refractivity contribution in [1.29, 1.82) is 0 Å². The molecule has 0 unspecified atom stereocenters. The lowest BCUT2D eigenvalue weighted by molar-refractivity contribution is 0.0710. The molecule has 1 aromatic carbocycles. The van der Waals surface area contributed by atoms with Crippen LogP contribution in [0.3, 0.4) is 0 Å². The number of thiazole rings is 1. The number of rotatable bonds is 5. The van der Waals surface area contributed by atoms with Crippen LogP contribution in [0.25, 0.3) is 11.0 Å².